The molecule has 6 nitrogen and oxygen atoms in total. The number of amides is 2. The molecule has 24 heavy (non-hydrogen) atoms. The van der Waals surface area contributed by atoms with E-state index >= 15 is 0 Å². The maximum absolute atomic E-state index is 11.9. The zero-order chi connectivity index (χ0) is 16.8. The Morgan fingerprint density at radius 3 is 2.88 bits per heavy atom. The first-order chi connectivity index (χ1) is 11.7. The number of thiazole rings is 1. The molecule has 3 rings (SSSR count). The summed E-state index contributed by atoms with van der Waals surface area (Å²) in [5.41, 5.74) is 1.78. The third-order valence-electron chi connectivity index (χ3n) is 3.29. The van der Waals surface area contributed by atoms with Crippen LogP contribution in [0.5, 0.6) is 0 Å². The smallest absolute Gasteiger partial charge is 0.319 e. The summed E-state index contributed by atoms with van der Waals surface area (Å²) in [4.78, 5) is 17.4. The van der Waals surface area contributed by atoms with Gasteiger partial charge in [0.05, 0.1) is 25.9 Å². The molecular weight excluding hydrogens is 346 g/mol. The number of aryl methyl sites for hydroxylation is 1. The molecule has 2 N–H and O–H groups in total. The second-order valence-electron chi connectivity index (χ2n) is 5.28. The average molecular weight is 365 g/mol. The number of carbonyl (C=O) groups excluding carboxylic acids is 1. The largest absolute Gasteiger partial charge is 0.376 e. The number of benzene rings is 1. The standard InChI is InChI=1S/C16H19N3O3S2/c1-11-10-23-16(18-11)24-14-4-2-12(3-5-14)19-15(20)17-8-13-9-21-6-7-22-13/h2-5,10,13H,6-9H2,1H3,(H2,17,19,20)/t13-/m1/s1. The van der Waals surface area contributed by atoms with Crippen LogP contribution in [0.25, 0.3) is 0 Å². The third kappa shape index (κ3) is 5.20. The van der Waals surface area contributed by atoms with E-state index in [1.165, 1.54) is 0 Å². The van der Waals surface area contributed by atoms with Crippen molar-refractivity contribution in [1.29, 1.82) is 0 Å². The summed E-state index contributed by atoms with van der Waals surface area (Å²) in [7, 11) is 0. The van der Waals surface area contributed by atoms with Gasteiger partial charge in [-0.05, 0) is 31.2 Å². The van der Waals surface area contributed by atoms with Crippen LogP contribution in [0, 0.1) is 6.92 Å². The summed E-state index contributed by atoms with van der Waals surface area (Å²) >= 11 is 3.24. The van der Waals surface area contributed by atoms with E-state index in [1.54, 1.807) is 23.1 Å². The number of hydrogen-bond acceptors (Lipinski definition) is 6. The number of carbonyl (C=O) groups is 1. The number of rotatable bonds is 5. The van der Waals surface area contributed by atoms with E-state index in [4.69, 9.17) is 9.47 Å². The lowest BCUT2D eigenvalue weighted by Gasteiger charge is -2.23. The Balaban J connectivity index is 1.45. The van der Waals surface area contributed by atoms with Crippen LogP contribution in [-0.2, 0) is 9.47 Å². The van der Waals surface area contributed by atoms with Gasteiger partial charge in [-0.1, -0.05) is 11.8 Å². The molecule has 1 aliphatic rings. The van der Waals surface area contributed by atoms with Crippen molar-refractivity contribution in [2.24, 2.45) is 0 Å². The normalized spacial score (nSPS) is 17.5. The first-order valence-electron chi connectivity index (χ1n) is 7.63. The van der Waals surface area contributed by atoms with Crippen molar-refractivity contribution in [3.05, 3.63) is 35.3 Å². The Labute approximate surface area is 149 Å². The number of aromatic nitrogens is 1. The molecular formula is C16H19N3O3S2. The number of ether oxygens (including phenoxy) is 2. The van der Waals surface area contributed by atoms with Crippen molar-refractivity contribution in [3.63, 3.8) is 0 Å². The van der Waals surface area contributed by atoms with Gasteiger partial charge in [-0.3, -0.25) is 0 Å². The topological polar surface area (TPSA) is 72.5 Å². The number of urea groups is 1. The van der Waals surface area contributed by atoms with Crippen molar-refractivity contribution in [2.75, 3.05) is 31.7 Å². The zero-order valence-electron chi connectivity index (χ0n) is 13.3. The average Bonchev–Trinajstić information content (AvgIpc) is 3.01. The lowest BCUT2D eigenvalue weighted by molar-refractivity contribution is -0.0852. The van der Waals surface area contributed by atoms with E-state index in [9.17, 15) is 4.79 Å². The quantitative estimate of drug-likeness (QED) is 0.852. The van der Waals surface area contributed by atoms with Crippen LogP contribution in [0.3, 0.4) is 0 Å². The predicted octanol–water partition coefficient (Wildman–Crippen LogP) is 3.14. The first-order valence-corrected chi connectivity index (χ1v) is 9.33. The molecule has 1 fully saturated rings. The molecule has 0 unspecified atom stereocenters. The molecule has 1 aliphatic heterocycles. The minimum atomic E-state index is -0.250. The molecule has 2 aromatic rings. The van der Waals surface area contributed by atoms with Gasteiger partial charge in [0.1, 0.15) is 0 Å². The molecule has 2 amide bonds. The van der Waals surface area contributed by atoms with Crippen LogP contribution in [0.2, 0.25) is 0 Å². The highest BCUT2D eigenvalue weighted by molar-refractivity contribution is 8.01. The number of nitrogens with zero attached hydrogens (tertiary/aromatic N) is 1. The lowest BCUT2D eigenvalue weighted by Crippen LogP contribution is -2.41. The maximum Gasteiger partial charge on any atom is 0.319 e. The summed E-state index contributed by atoms with van der Waals surface area (Å²) in [6, 6.07) is 7.44. The van der Waals surface area contributed by atoms with Gasteiger partial charge in [0, 0.05) is 28.2 Å². The summed E-state index contributed by atoms with van der Waals surface area (Å²) in [6.07, 6.45) is -0.0787. The highest BCUT2D eigenvalue weighted by Crippen LogP contribution is 2.30. The Morgan fingerprint density at radius 1 is 1.38 bits per heavy atom. The highest BCUT2D eigenvalue weighted by atomic mass is 32.2. The van der Waals surface area contributed by atoms with Crippen molar-refractivity contribution in [1.82, 2.24) is 10.3 Å². The van der Waals surface area contributed by atoms with Crippen LogP contribution in [-0.4, -0.2) is 43.5 Å². The second kappa shape index (κ2) is 8.48. The predicted molar refractivity (Wildman–Crippen MR) is 95.0 cm³/mol. The van der Waals surface area contributed by atoms with E-state index in [0.29, 0.717) is 26.4 Å². The Kier molecular flexibility index (Phi) is 6.08. The Morgan fingerprint density at radius 2 is 2.21 bits per heavy atom. The van der Waals surface area contributed by atoms with E-state index < -0.39 is 0 Å². The van der Waals surface area contributed by atoms with Gasteiger partial charge in [-0.25, -0.2) is 9.78 Å². The minimum Gasteiger partial charge on any atom is -0.376 e. The summed E-state index contributed by atoms with van der Waals surface area (Å²) in [5.74, 6) is 0. The van der Waals surface area contributed by atoms with Gasteiger partial charge in [-0.2, -0.15) is 0 Å². The fraction of sp³-hybridized carbons (Fsp3) is 0.375. The van der Waals surface area contributed by atoms with E-state index in [2.05, 4.69) is 15.6 Å². The van der Waals surface area contributed by atoms with Crippen molar-refractivity contribution >= 4 is 34.8 Å². The van der Waals surface area contributed by atoms with Crippen LogP contribution in [0.4, 0.5) is 10.5 Å². The molecule has 0 saturated carbocycles. The van der Waals surface area contributed by atoms with Crippen molar-refractivity contribution in [2.45, 2.75) is 22.3 Å². The number of nitrogens with one attached hydrogen (secondary N) is 2. The van der Waals surface area contributed by atoms with Crippen LogP contribution in [0.1, 0.15) is 5.69 Å². The molecule has 128 valence electrons. The fourth-order valence-corrected chi connectivity index (χ4v) is 3.93. The maximum atomic E-state index is 11.9. The van der Waals surface area contributed by atoms with Gasteiger partial charge in [0.25, 0.3) is 0 Å². The summed E-state index contributed by atoms with van der Waals surface area (Å²) in [6.45, 7) is 4.13. The van der Waals surface area contributed by atoms with Crippen LogP contribution < -0.4 is 10.6 Å². The molecule has 0 aliphatic carbocycles. The van der Waals surface area contributed by atoms with Crippen LogP contribution >= 0.6 is 23.1 Å². The summed E-state index contributed by atoms with van der Waals surface area (Å²) in [5, 5.41) is 7.63. The van der Waals surface area contributed by atoms with Gasteiger partial charge in [0.15, 0.2) is 4.34 Å². The second-order valence-corrected chi connectivity index (χ2v) is 7.46. The minimum absolute atomic E-state index is 0.0787. The fourth-order valence-electron chi connectivity index (χ4n) is 2.12. The molecule has 1 aromatic carbocycles. The van der Waals surface area contributed by atoms with Gasteiger partial charge in [0.2, 0.25) is 0 Å². The molecule has 8 heteroatoms. The highest BCUT2D eigenvalue weighted by Gasteiger charge is 2.15. The van der Waals surface area contributed by atoms with E-state index in [0.717, 1.165) is 20.6 Å². The molecule has 1 saturated heterocycles. The molecule has 0 spiro atoms. The van der Waals surface area contributed by atoms with E-state index in [-0.39, 0.29) is 12.1 Å². The third-order valence-corrected chi connectivity index (χ3v) is 5.35. The SMILES string of the molecule is Cc1csc(Sc2ccc(NC(=O)NC[C@@H]3COCCO3)cc2)n1. The van der Waals surface area contributed by atoms with Crippen LogP contribution in [0.15, 0.2) is 38.9 Å². The Bertz CT molecular complexity index is 669. The van der Waals surface area contributed by atoms with Crippen molar-refractivity contribution in [3.8, 4) is 0 Å². The van der Waals surface area contributed by atoms with E-state index in [1.807, 2.05) is 36.6 Å². The first kappa shape index (κ1) is 17.2. The number of hydrogen-bond donors (Lipinski definition) is 2. The zero-order valence-corrected chi connectivity index (χ0v) is 14.9. The molecule has 1 aromatic heterocycles. The molecule has 0 radical (unpaired) electrons. The van der Waals surface area contributed by atoms with Gasteiger partial charge >= 0.3 is 6.03 Å². The van der Waals surface area contributed by atoms with Gasteiger partial charge < -0.3 is 20.1 Å². The van der Waals surface area contributed by atoms with Crippen molar-refractivity contribution < 1.29 is 14.3 Å². The Hall–Kier alpha value is -1.61. The molecule has 0 bridgehead atoms. The monoisotopic (exact) mass is 365 g/mol. The molecule has 2 heterocycles. The summed E-state index contributed by atoms with van der Waals surface area (Å²) < 4.78 is 11.8. The van der Waals surface area contributed by atoms with Gasteiger partial charge in [-0.15, -0.1) is 11.3 Å². The lowest BCUT2D eigenvalue weighted by atomic mass is 10.3. The number of anilines is 1. The molecule has 1 atom stereocenters.